The molecular weight excluding hydrogens is 201 g/mol. The highest BCUT2D eigenvalue weighted by Gasteiger charge is 2.34. The molecule has 2 heteroatoms. The summed E-state index contributed by atoms with van der Waals surface area (Å²) in [4.78, 5) is 0. The van der Waals surface area contributed by atoms with Gasteiger partial charge in [-0.15, -0.1) is 0 Å². The summed E-state index contributed by atoms with van der Waals surface area (Å²) < 4.78 is 12.9. The van der Waals surface area contributed by atoms with Crippen molar-refractivity contribution in [3.63, 3.8) is 0 Å². The predicted octanol–water partition coefficient (Wildman–Crippen LogP) is 3.23. The van der Waals surface area contributed by atoms with Crippen molar-refractivity contribution in [3.8, 4) is 0 Å². The molecule has 0 amide bonds. The van der Waals surface area contributed by atoms with Crippen molar-refractivity contribution < 1.29 is 4.39 Å². The van der Waals surface area contributed by atoms with Gasteiger partial charge in [-0.2, -0.15) is 0 Å². The first-order valence-corrected chi connectivity index (χ1v) is 6.12. The van der Waals surface area contributed by atoms with Gasteiger partial charge in [-0.3, -0.25) is 0 Å². The topological polar surface area (TPSA) is 26.0 Å². The molecule has 0 unspecified atom stereocenters. The third-order valence-electron chi connectivity index (χ3n) is 4.08. The van der Waals surface area contributed by atoms with E-state index in [-0.39, 0.29) is 11.2 Å². The quantitative estimate of drug-likeness (QED) is 0.815. The minimum Gasteiger partial charge on any atom is -0.330 e. The number of benzene rings is 1. The number of halogens is 1. The van der Waals surface area contributed by atoms with Crippen molar-refractivity contribution >= 4 is 0 Å². The van der Waals surface area contributed by atoms with Gasteiger partial charge in [0.25, 0.3) is 0 Å². The molecule has 16 heavy (non-hydrogen) atoms. The second-order valence-corrected chi connectivity index (χ2v) is 5.17. The molecule has 2 rings (SSSR count). The van der Waals surface area contributed by atoms with Crippen molar-refractivity contribution in [1.29, 1.82) is 0 Å². The molecule has 0 atom stereocenters. The maximum atomic E-state index is 12.9. The van der Waals surface area contributed by atoms with E-state index in [0.717, 1.165) is 18.8 Å². The van der Waals surface area contributed by atoms with Crippen LogP contribution in [-0.4, -0.2) is 6.54 Å². The van der Waals surface area contributed by atoms with E-state index in [1.165, 1.54) is 18.4 Å². The average Bonchev–Trinajstić information content (AvgIpc) is 2.32. The maximum Gasteiger partial charge on any atom is 0.123 e. The first-order chi connectivity index (χ1) is 7.66. The lowest BCUT2D eigenvalue weighted by molar-refractivity contribution is 0.247. The molecule has 0 saturated heterocycles. The normalized spacial score (nSPS) is 30.3. The molecule has 1 nitrogen and oxygen atoms in total. The van der Waals surface area contributed by atoms with Crippen LogP contribution in [0.1, 0.15) is 38.2 Å². The molecule has 88 valence electrons. The average molecular weight is 221 g/mol. The fourth-order valence-corrected chi connectivity index (χ4v) is 2.73. The van der Waals surface area contributed by atoms with E-state index in [1.807, 2.05) is 12.1 Å². The predicted molar refractivity (Wildman–Crippen MR) is 64.8 cm³/mol. The molecule has 1 fully saturated rings. The summed E-state index contributed by atoms with van der Waals surface area (Å²) in [5.41, 5.74) is 7.27. The lowest BCUT2D eigenvalue weighted by Gasteiger charge is -2.39. The Morgan fingerprint density at radius 3 is 2.31 bits per heavy atom. The van der Waals surface area contributed by atoms with E-state index in [1.54, 1.807) is 12.1 Å². The number of hydrogen-bond acceptors (Lipinski definition) is 1. The zero-order valence-corrected chi connectivity index (χ0v) is 9.88. The van der Waals surface area contributed by atoms with Crippen LogP contribution in [0.5, 0.6) is 0 Å². The molecule has 1 saturated carbocycles. The van der Waals surface area contributed by atoms with Gasteiger partial charge in [0, 0.05) is 12.0 Å². The van der Waals surface area contributed by atoms with Gasteiger partial charge in [0.05, 0.1) is 0 Å². The van der Waals surface area contributed by atoms with E-state index in [9.17, 15) is 4.39 Å². The number of nitrogens with two attached hydrogens (primary N) is 1. The van der Waals surface area contributed by atoms with E-state index in [2.05, 4.69) is 6.92 Å². The monoisotopic (exact) mass is 221 g/mol. The SMILES string of the molecule is CC1CCC(CN)(c2ccc(F)cc2)CC1. The standard InChI is InChI=1S/C14H20FN/c1-11-6-8-14(10-16,9-7-11)12-2-4-13(15)5-3-12/h2-5,11H,6-10,16H2,1H3. The Hall–Kier alpha value is -0.890. The highest BCUT2D eigenvalue weighted by Crippen LogP contribution is 2.40. The minimum absolute atomic E-state index is 0.0974. The van der Waals surface area contributed by atoms with Crippen LogP contribution in [0.15, 0.2) is 24.3 Å². The highest BCUT2D eigenvalue weighted by molar-refractivity contribution is 5.27. The second-order valence-electron chi connectivity index (χ2n) is 5.17. The molecule has 0 spiro atoms. The summed E-state index contributed by atoms with van der Waals surface area (Å²) in [6.07, 6.45) is 4.73. The van der Waals surface area contributed by atoms with Crippen molar-refractivity contribution in [2.24, 2.45) is 11.7 Å². The van der Waals surface area contributed by atoms with Crippen LogP contribution in [0.25, 0.3) is 0 Å². The molecule has 0 heterocycles. The molecule has 1 aromatic carbocycles. The van der Waals surface area contributed by atoms with Crippen LogP contribution in [0.3, 0.4) is 0 Å². The van der Waals surface area contributed by atoms with Crippen LogP contribution in [0.2, 0.25) is 0 Å². The molecule has 1 aromatic rings. The van der Waals surface area contributed by atoms with E-state index in [0.29, 0.717) is 6.54 Å². The molecule has 1 aliphatic carbocycles. The van der Waals surface area contributed by atoms with Crippen molar-refractivity contribution in [2.45, 2.75) is 38.0 Å². The Balaban J connectivity index is 2.24. The summed E-state index contributed by atoms with van der Waals surface area (Å²) in [6, 6.07) is 6.89. The second kappa shape index (κ2) is 4.54. The van der Waals surface area contributed by atoms with Gasteiger partial charge >= 0.3 is 0 Å². The molecule has 1 aliphatic rings. The summed E-state index contributed by atoms with van der Waals surface area (Å²) in [5, 5.41) is 0. The zero-order valence-electron chi connectivity index (χ0n) is 9.88. The Bertz CT molecular complexity index is 336. The van der Waals surface area contributed by atoms with Gasteiger partial charge in [-0.05, 0) is 49.3 Å². The third-order valence-corrected chi connectivity index (χ3v) is 4.08. The minimum atomic E-state index is -0.167. The van der Waals surface area contributed by atoms with Crippen LogP contribution < -0.4 is 5.73 Å². The van der Waals surface area contributed by atoms with Gasteiger partial charge in [-0.25, -0.2) is 4.39 Å². The number of hydrogen-bond donors (Lipinski definition) is 1. The van der Waals surface area contributed by atoms with Crippen LogP contribution in [0.4, 0.5) is 4.39 Å². The van der Waals surface area contributed by atoms with E-state index < -0.39 is 0 Å². The molecule has 0 radical (unpaired) electrons. The van der Waals surface area contributed by atoms with Crippen LogP contribution >= 0.6 is 0 Å². The summed E-state index contributed by atoms with van der Waals surface area (Å²) in [6.45, 7) is 2.97. The zero-order chi connectivity index (χ0) is 11.6. The lowest BCUT2D eigenvalue weighted by Crippen LogP contribution is -2.38. The molecule has 2 N–H and O–H groups in total. The Kier molecular flexibility index (Phi) is 3.29. The van der Waals surface area contributed by atoms with E-state index >= 15 is 0 Å². The van der Waals surface area contributed by atoms with Gasteiger partial charge in [-0.1, -0.05) is 19.1 Å². The third kappa shape index (κ3) is 2.12. The van der Waals surface area contributed by atoms with Gasteiger partial charge in [0.2, 0.25) is 0 Å². The fourth-order valence-electron chi connectivity index (χ4n) is 2.73. The summed E-state index contributed by atoms with van der Waals surface area (Å²) >= 11 is 0. The fraction of sp³-hybridized carbons (Fsp3) is 0.571. The Morgan fingerprint density at radius 1 is 1.25 bits per heavy atom. The van der Waals surface area contributed by atoms with Gasteiger partial charge < -0.3 is 5.73 Å². The van der Waals surface area contributed by atoms with Crippen molar-refractivity contribution in [3.05, 3.63) is 35.6 Å². The molecule has 0 bridgehead atoms. The summed E-state index contributed by atoms with van der Waals surface area (Å²) in [5.74, 6) is 0.639. The highest BCUT2D eigenvalue weighted by atomic mass is 19.1. The Labute approximate surface area is 96.9 Å². The maximum absolute atomic E-state index is 12.9. The largest absolute Gasteiger partial charge is 0.330 e. The molecule has 0 aliphatic heterocycles. The number of rotatable bonds is 2. The molecular formula is C14H20FN. The van der Waals surface area contributed by atoms with Crippen LogP contribution in [0, 0.1) is 11.7 Å². The van der Waals surface area contributed by atoms with Crippen LogP contribution in [-0.2, 0) is 5.41 Å². The van der Waals surface area contributed by atoms with Gasteiger partial charge in [0.15, 0.2) is 0 Å². The Morgan fingerprint density at radius 2 is 1.81 bits per heavy atom. The first kappa shape index (κ1) is 11.6. The van der Waals surface area contributed by atoms with Crippen molar-refractivity contribution in [1.82, 2.24) is 0 Å². The smallest absolute Gasteiger partial charge is 0.123 e. The van der Waals surface area contributed by atoms with Gasteiger partial charge in [0.1, 0.15) is 5.82 Å². The lowest BCUT2D eigenvalue weighted by atomic mass is 9.67. The molecule has 0 aromatic heterocycles. The first-order valence-electron chi connectivity index (χ1n) is 6.12. The van der Waals surface area contributed by atoms with Crippen molar-refractivity contribution in [2.75, 3.05) is 6.54 Å². The van der Waals surface area contributed by atoms with E-state index in [4.69, 9.17) is 5.73 Å². The summed E-state index contributed by atoms with van der Waals surface area (Å²) in [7, 11) is 0.